The Morgan fingerprint density at radius 1 is 1.23 bits per heavy atom. The second-order valence-electron chi connectivity index (χ2n) is 7.11. The van der Waals surface area contributed by atoms with E-state index in [1.54, 1.807) is 10.9 Å². The molecule has 0 radical (unpaired) electrons. The third-order valence-corrected chi connectivity index (χ3v) is 6.79. The van der Waals surface area contributed by atoms with Crippen LogP contribution in [-0.4, -0.2) is 75.5 Å². The van der Waals surface area contributed by atoms with Crippen molar-refractivity contribution < 1.29 is 27.4 Å². The molecular weight excluding hydrogens is 424 g/mol. The molecule has 11 heteroatoms. The Bertz CT molecular complexity index is 1010. The predicted octanol–water partition coefficient (Wildman–Crippen LogP) is 1.05. The van der Waals surface area contributed by atoms with Gasteiger partial charge in [0.25, 0.3) is 5.91 Å². The van der Waals surface area contributed by atoms with Gasteiger partial charge in [0, 0.05) is 38.4 Å². The molecule has 0 atom stereocenters. The number of methoxy groups -OCH3 is 2. The molecule has 1 aliphatic heterocycles. The number of aryl methyl sites for hydroxylation is 2. The summed E-state index contributed by atoms with van der Waals surface area (Å²) in [6.07, 6.45) is 4.36. The molecule has 0 aliphatic carbocycles. The van der Waals surface area contributed by atoms with E-state index in [4.69, 9.17) is 14.2 Å². The van der Waals surface area contributed by atoms with Crippen LogP contribution in [0.5, 0.6) is 11.5 Å². The maximum Gasteiger partial charge on any atom is 0.255 e. The normalized spacial score (nSPS) is 14.9. The molecule has 1 aromatic carbocycles. The fraction of sp³-hybridized carbons (Fsp3) is 0.500. The molecule has 1 aromatic heterocycles. The number of hydrogen-bond acceptors (Lipinski definition) is 7. The molecule has 2 aromatic rings. The zero-order valence-corrected chi connectivity index (χ0v) is 18.8. The van der Waals surface area contributed by atoms with Gasteiger partial charge in [0.2, 0.25) is 10.0 Å². The van der Waals surface area contributed by atoms with Crippen molar-refractivity contribution in [2.75, 3.05) is 47.1 Å². The van der Waals surface area contributed by atoms with Gasteiger partial charge in [-0.15, -0.1) is 0 Å². The molecule has 0 unspecified atom stereocenters. The Kier molecular flexibility index (Phi) is 7.52. The quantitative estimate of drug-likeness (QED) is 0.566. The maximum absolute atomic E-state index is 13.1. The molecule has 1 fully saturated rings. The average molecular weight is 453 g/mol. The van der Waals surface area contributed by atoms with Gasteiger partial charge in [0.05, 0.1) is 44.1 Å². The average Bonchev–Trinajstić information content (AvgIpc) is 3.21. The van der Waals surface area contributed by atoms with Gasteiger partial charge in [-0.25, -0.2) is 8.42 Å². The molecule has 1 amide bonds. The van der Waals surface area contributed by atoms with Crippen LogP contribution >= 0.6 is 0 Å². The fourth-order valence-corrected chi connectivity index (χ4v) is 4.77. The van der Waals surface area contributed by atoms with Crippen molar-refractivity contribution in [3.63, 3.8) is 0 Å². The molecule has 10 nitrogen and oxygen atoms in total. The number of sulfonamides is 1. The zero-order chi connectivity index (χ0) is 22.4. The summed E-state index contributed by atoms with van der Waals surface area (Å²) in [7, 11) is -1.00. The second kappa shape index (κ2) is 10.1. The molecule has 31 heavy (non-hydrogen) atoms. The highest BCUT2D eigenvalue weighted by Crippen LogP contribution is 2.35. The van der Waals surface area contributed by atoms with E-state index in [9.17, 15) is 13.2 Å². The van der Waals surface area contributed by atoms with Crippen LogP contribution in [0.2, 0.25) is 0 Å². The summed E-state index contributed by atoms with van der Waals surface area (Å²) in [6.45, 7) is 4.17. The summed E-state index contributed by atoms with van der Waals surface area (Å²) in [5.74, 6) is -0.0801. The van der Waals surface area contributed by atoms with Crippen LogP contribution < -0.4 is 14.8 Å². The van der Waals surface area contributed by atoms with Crippen molar-refractivity contribution in [2.24, 2.45) is 0 Å². The van der Waals surface area contributed by atoms with Crippen molar-refractivity contribution in [2.45, 2.75) is 24.8 Å². The number of benzene rings is 1. The van der Waals surface area contributed by atoms with Crippen LogP contribution in [0, 0.1) is 6.92 Å². The smallest absolute Gasteiger partial charge is 0.255 e. The number of ether oxygens (including phenoxy) is 3. The van der Waals surface area contributed by atoms with Crippen molar-refractivity contribution in [1.82, 2.24) is 19.4 Å². The number of morpholine rings is 1. The molecule has 3 rings (SSSR count). The van der Waals surface area contributed by atoms with Crippen LogP contribution in [0.4, 0.5) is 0 Å². The standard InChI is InChI=1S/C20H28N4O6S/c1-15-13-22-23(14-15)6-4-5-21-20(25)17-11-16(12-18(28-2)19(17)29-3)31(26,27)24-7-9-30-10-8-24/h11-14H,4-10H2,1-3H3,(H,21,25). The van der Waals surface area contributed by atoms with Gasteiger partial charge in [0.1, 0.15) is 0 Å². The van der Waals surface area contributed by atoms with Crippen LogP contribution in [0.3, 0.4) is 0 Å². The van der Waals surface area contributed by atoms with Gasteiger partial charge in [0.15, 0.2) is 11.5 Å². The molecule has 1 N–H and O–H groups in total. The lowest BCUT2D eigenvalue weighted by molar-refractivity contribution is 0.0730. The van der Waals surface area contributed by atoms with E-state index in [1.165, 1.54) is 30.7 Å². The zero-order valence-electron chi connectivity index (χ0n) is 18.0. The highest BCUT2D eigenvalue weighted by molar-refractivity contribution is 7.89. The van der Waals surface area contributed by atoms with Gasteiger partial charge in [-0.1, -0.05) is 0 Å². The number of nitrogens with one attached hydrogen (secondary N) is 1. The van der Waals surface area contributed by atoms with Crippen molar-refractivity contribution in [3.05, 3.63) is 35.7 Å². The van der Waals surface area contributed by atoms with Crippen LogP contribution in [0.15, 0.2) is 29.4 Å². The first-order valence-electron chi connectivity index (χ1n) is 9.98. The minimum atomic E-state index is -3.81. The first-order valence-corrected chi connectivity index (χ1v) is 11.4. The summed E-state index contributed by atoms with van der Waals surface area (Å²) in [6, 6.07) is 2.71. The van der Waals surface area contributed by atoms with Crippen molar-refractivity contribution >= 4 is 15.9 Å². The molecule has 0 bridgehead atoms. The number of aromatic nitrogens is 2. The number of rotatable bonds is 9. The van der Waals surface area contributed by atoms with E-state index >= 15 is 0 Å². The molecule has 2 heterocycles. The lowest BCUT2D eigenvalue weighted by atomic mass is 10.1. The Hall–Kier alpha value is -2.63. The van der Waals surface area contributed by atoms with E-state index < -0.39 is 15.9 Å². The lowest BCUT2D eigenvalue weighted by Crippen LogP contribution is -2.40. The highest BCUT2D eigenvalue weighted by atomic mass is 32.2. The largest absolute Gasteiger partial charge is 0.493 e. The Labute approximate surface area is 182 Å². The number of carbonyl (C=O) groups excluding carboxylic acids is 1. The SMILES string of the molecule is COc1cc(S(=O)(=O)N2CCOCC2)cc(C(=O)NCCCn2cc(C)cn2)c1OC. The number of carbonyl (C=O) groups is 1. The molecular formula is C20H28N4O6S. The summed E-state index contributed by atoms with van der Waals surface area (Å²) in [4.78, 5) is 12.8. The van der Waals surface area contributed by atoms with Crippen molar-refractivity contribution in [1.29, 1.82) is 0 Å². The first-order chi connectivity index (χ1) is 14.9. The fourth-order valence-electron chi connectivity index (χ4n) is 3.32. The van der Waals surface area contributed by atoms with Gasteiger partial charge < -0.3 is 19.5 Å². The highest BCUT2D eigenvalue weighted by Gasteiger charge is 2.30. The molecule has 1 saturated heterocycles. The summed E-state index contributed by atoms with van der Waals surface area (Å²) < 4.78 is 45.2. The van der Waals surface area contributed by atoms with Gasteiger partial charge >= 0.3 is 0 Å². The number of amides is 1. The third kappa shape index (κ3) is 5.35. The van der Waals surface area contributed by atoms with E-state index in [0.29, 0.717) is 32.7 Å². The summed E-state index contributed by atoms with van der Waals surface area (Å²) >= 11 is 0. The van der Waals surface area contributed by atoms with E-state index in [0.717, 1.165) is 5.56 Å². The van der Waals surface area contributed by atoms with Crippen LogP contribution in [-0.2, 0) is 21.3 Å². The van der Waals surface area contributed by atoms with Gasteiger partial charge in [-0.3, -0.25) is 9.48 Å². The maximum atomic E-state index is 13.1. The topological polar surface area (TPSA) is 112 Å². The molecule has 170 valence electrons. The molecule has 1 aliphatic rings. The lowest BCUT2D eigenvalue weighted by Gasteiger charge is -2.26. The monoisotopic (exact) mass is 452 g/mol. The van der Waals surface area contributed by atoms with E-state index in [1.807, 2.05) is 13.1 Å². The predicted molar refractivity (Wildman–Crippen MR) is 113 cm³/mol. The summed E-state index contributed by atoms with van der Waals surface area (Å²) in [5, 5.41) is 7.03. The third-order valence-electron chi connectivity index (χ3n) is 4.92. The first kappa shape index (κ1) is 23.0. The van der Waals surface area contributed by atoms with Gasteiger partial charge in [-0.2, -0.15) is 9.40 Å². The summed E-state index contributed by atoms with van der Waals surface area (Å²) in [5.41, 5.74) is 1.17. The van der Waals surface area contributed by atoms with Crippen molar-refractivity contribution in [3.8, 4) is 11.5 Å². The Morgan fingerprint density at radius 3 is 2.58 bits per heavy atom. The molecule has 0 saturated carbocycles. The number of hydrogen-bond donors (Lipinski definition) is 1. The Morgan fingerprint density at radius 2 is 1.97 bits per heavy atom. The van der Waals surface area contributed by atoms with E-state index in [2.05, 4.69) is 10.4 Å². The minimum absolute atomic E-state index is 0.0239. The van der Waals surface area contributed by atoms with Gasteiger partial charge in [-0.05, 0) is 25.0 Å². The van der Waals surface area contributed by atoms with E-state index in [-0.39, 0.29) is 35.0 Å². The Balaban J connectivity index is 1.78. The number of nitrogens with zero attached hydrogens (tertiary/aromatic N) is 3. The van der Waals surface area contributed by atoms with Crippen LogP contribution in [0.25, 0.3) is 0 Å². The van der Waals surface area contributed by atoms with Crippen LogP contribution in [0.1, 0.15) is 22.3 Å². The second-order valence-corrected chi connectivity index (χ2v) is 9.05. The molecule has 0 spiro atoms. The minimum Gasteiger partial charge on any atom is -0.493 e.